The number of halogens is 1. The van der Waals surface area contributed by atoms with Crippen molar-refractivity contribution in [2.75, 3.05) is 10.0 Å². The van der Waals surface area contributed by atoms with Crippen molar-refractivity contribution < 1.29 is 13.2 Å². The minimum Gasteiger partial charge on any atom is -0.326 e. The molecule has 3 aromatic rings. The van der Waals surface area contributed by atoms with Gasteiger partial charge in [-0.15, -0.1) is 11.3 Å². The number of thiazole rings is 1. The number of amides is 1. The van der Waals surface area contributed by atoms with Gasteiger partial charge in [0.2, 0.25) is 5.91 Å². The van der Waals surface area contributed by atoms with Crippen LogP contribution in [0.3, 0.4) is 0 Å². The molecule has 1 aliphatic carbocycles. The topological polar surface area (TPSA) is 88.2 Å². The lowest BCUT2D eigenvalue weighted by Crippen LogP contribution is -2.14. The van der Waals surface area contributed by atoms with E-state index < -0.39 is 10.0 Å². The zero-order valence-corrected chi connectivity index (χ0v) is 18.1. The van der Waals surface area contributed by atoms with Crippen LogP contribution >= 0.6 is 22.9 Å². The van der Waals surface area contributed by atoms with Crippen LogP contribution in [0.1, 0.15) is 22.9 Å². The first-order chi connectivity index (χ1) is 13.8. The third-order valence-electron chi connectivity index (χ3n) is 4.77. The summed E-state index contributed by atoms with van der Waals surface area (Å²) in [6, 6.07) is 10.4. The molecule has 0 saturated carbocycles. The number of nitrogens with zero attached hydrogens (tertiary/aromatic N) is 1. The Morgan fingerprint density at radius 2 is 1.93 bits per heavy atom. The summed E-state index contributed by atoms with van der Waals surface area (Å²) in [7, 11) is -3.81. The summed E-state index contributed by atoms with van der Waals surface area (Å²) in [6.07, 6.45) is 1.48. The van der Waals surface area contributed by atoms with E-state index in [9.17, 15) is 13.2 Å². The Labute approximate surface area is 178 Å². The smallest absolute Gasteiger partial charge is 0.263 e. The van der Waals surface area contributed by atoms with Crippen LogP contribution in [0.2, 0.25) is 5.02 Å². The lowest BCUT2D eigenvalue weighted by Gasteiger charge is -2.18. The fraction of sp³-hybridized carbons (Fsp3) is 0.200. The predicted octanol–water partition coefficient (Wildman–Crippen LogP) is 4.63. The van der Waals surface area contributed by atoms with E-state index >= 15 is 0 Å². The molecule has 0 atom stereocenters. The van der Waals surface area contributed by atoms with E-state index in [0.29, 0.717) is 15.7 Å². The highest BCUT2D eigenvalue weighted by molar-refractivity contribution is 7.93. The van der Waals surface area contributed by atoms with Crippen LogP contribution in [-0.2, 0) is 27.7 Å². The number of hydrogen-bond donors (Lipinski definition) is 2. The zero-order valence-electron chi connectivity index (χ0n) is 15.7. The van der Waals surface area contributed by atoms with Crippen molar-refractivity contribution in [2.45, 2.75) is 31.6 Å². The van der Waals surface area contributed by atoms with Crippen LogP contribution in [0.15, 0.2) is 41.3 Å². The van der Waals surface area contributed by atoms with Gasteiger partial charge in [-0.3, -0.25) is 9.52 Å². The maximum Gasteiger partial charge on any atom is 0.263 e. The summed E-state index contributed by atoms with van der Waals surface area (Å²) in [5.74, 6) is -0.132. The Balaban J connectivity index is 1.70. The fourth-order valence-corrected chi connectivity index (χ4v) is 6.16. The molecular weight excluding hydrogens is 430 g/mol. The van der Waals surface area contributed by atoms with Crippen molar-refractivity contribution in [3.8, 4) is 11.3 Å². The maximum absolute atomic E-state index is 12.9. The van der Waals surface area contributed by atoms with Crippen molar-refractivity contribution in [3.05, 3.63) is 57.4 Å². The van der Waals surface area contributed by atoms with E-state index in [-0.39, 0.29) is 10.8 Å². The Hall–Kier alpha value is -2.42. The highest BCUT2D eigenvalue weighted by atomic mass is 35.5. The van der Waals surface area contributed by atoms with E-state index in [1.54, 1.807) is 19.1 Å². The first-order valence-electron chi connectivity index (χ1n) is 8.94. The van der Waals surface area contributed by atoms with Crippen molar-refractivity contribution >= 4 is 49.7 Å². The molecule has 2 aromatic carbocycles. The van der Waals surface area contributed by atoms with Gasteiger partial charge in [-0.1, -0.05) is 29.8 Å². The van der Waals surface area contributed by atoms with E-state index in [0.717, 1.165) is 40.2 Å². The average Bonchev–Trinajstić information content (AvgIpc) is 3.05. The SMILES string of the molecule is CC(=O)Nc1cccc2c1CCc1sc(NS(=O)(=O)c3cccc(Cl)c3C)nc1-2. The molecule has 29 heavy (non-hydrogen) atoms. The maximum atomic E-state index is 12.9. The summed E-state index contributed by atoms with van der Waals surface area (Å²) >= 11 is 7.41. The first-order valence-corrected chi connectivity index (χ1v) is 11.6. The van der Waals surface area contributed by atoms with Gasteiger partial charge >= 0.3 is 0 Å². The summed E-state index contributed by atoms with van der Waals surface area (Å²) in [5, 5.41) is 3.56. The number of sulfonamides is 1. The number of nitrogens with one attached hydrogen (secondary N) is 2. The molecule has 0 radical (unpaired) electrons. The molecule has 0 aliphatic heterocycles. The van der Waals surface area contributed by atoms with Gasteiger partial charge in [0.25, 0.3) is 10.0 Å². The largest absolute Gasteiger partial charge is 0.326 e. The number of fused-ring (bicyclic) bond motifs is 3. The van der Waals surface area contributed by atoms with E-state index in [1.165, 1.54) is 24.3 Å². The highest BCUT2D eigenvalue weighted by Gasteiger charge is 2.26. The van der Waals surface area contributed by atoms with E-state index in [2.05, 4.69) is 15.0 Å². The molecule has 1 amide bonds. The van der Waals surface area contributed by atoms with Gasteiger partial charge in [0, 0.05) is 28.1 Å². The number of carbonyl (C=O) groups excluding carboxylic acids is 1. The third kappa shape index (κ3) is 3.75. The van der Waals surface area contributed by atoms with Gasteiger partial charge in [-0.2, -0.15) is 0 Å². The molecule has 2 N–H and O–H groups in total. The molecule has 0 fully saturated rings. The predicted molar refractivity (Wildman–Crippen MR) is 116 cm³/mol. The number of carbonyl (C=O) groups is 1. The molecule has 6 nitrogen and oxygen atoms in total. The second kappa shape index (κ2) is 7.44. The fourth-order valence-electron chi connectivity index (χ4n) is 3.45. The molecule has 4 rings (SSSR count). The van der Waals surface area contributed by atoms with Crippen LogP contribution < -0.4 is 10.0 Å². The zero-order chi connectivity index (χ0) is 20.8. The number of benzene rings is 2. The standard InChI is InChI=1S/C20H18ClN3O3S2/c1-11-15(21)6-4-8-18(11)29(26,27)24-20-23-19-14-5-3-7-16(22-12(2)25)13(14)9-10-17(19)28-20/h3-8H,9-10H2,1-2H3,(H,22,25)(H,23,24). The van der Waals surface area contributed by atoms with Crippen LogP contribution in [0, 0.1) is 6.92 Å². The molecule has 0 saturated heterocycles. The van der Waals surface area contributed by atoms with Crippen molar-refractivity contribution in [2.24, 2.45) is 0 Å². The number of anilines is 2. The molecule has 1 aromatic heterocycles. The lowest BCUT2D eigenvalue weighted by atomic mass is 9.92. The Kier molecular flexibility index (Phi) is 5.10. The minimum atomic E-state index is -3.81. The summed E-state index contributed by atoms with van der Waals surface area (Å²) in [6.45, 7) is 3.14. The molecule has 1 heterocycles. The lowest BCUT2D eigenvalue weighted by molar-refractivity contribution is -0.114. The van der Waals surface area contributed by atoms with Gasteiger partial charge in [0.1, 0.15) is 0 Å². The minimum absolute atomic E-state index is 0.131. The normalized spacial score (nSPS) is 12.8. The van der Waals surface area contributed by atoms with Crippen molar-refractivity contribution in [1.29, 1.82) is 0 Å². The Morgan fingerprint density at radius 1 is 1.17 bits per heavy atom. The molecular formula is C20H18ClN3O3S2. The summed E-state index contributed by atoms with van der Waals surface area (Å²) in [4.78, 5) is 17.2. The van der Waals surface area contributed by atoms with Gasteiger partial charge < -0.3 is 5.32 Å². The molecule has 0 spiro atoms. The molecule has 0 bridgehead atoms. The Morgan fingerprint density at radius 3 is 2.69 bits per heavy atom. The van der Waals surface area contributed by atoms with Gasteiger partial charge in [0.05, 0.1) is 10.6 Å². The molecule has 0 unspecified atom stereocenters. The van der Waals surface area contributed by atoms with E-state index in [4.69, 9.17) is 11.6 Å². The van der Waals surface area contributed by atoms with Crippen molar-refractivity contribution in [1.82, 2.24) is 4.98 Å². The third-order valence-corrected chi connectivity index (χ3v) is 7.82. The molecule has 9 heteroatoms. The van der Waals surface area contributed by atoms with Crippen molar-refractivity contribution in [3.63, 3.8) is 0 Å². The second-order valence-electron chi connectivity index (χ2n) is 6.77. The summed E-state index contributed by atoms with van der Waals surface area (Å²) in [5.41, 5.74) is 3.95. The first kappa shape index (κ1) is 19.9. The van der Waals surface area contributed by atoms with Crippen LogP contribution in [-0.4, -0.2) is 19.3 Å². The highest BCUT2D eigenvalue weighted by Crippen LogP contribution is 2.41. The van der Waals surface area contributed by atoms with Gasteiger partial charge in [0.15, 0.2) is 5.13 Å². The Bertz CT molecular complexity index is 1240. The monoisotopic (exact) mass is 447 g/mol. The average molecular weight is 448 g/mol. The van der Waals surface area contributed by atoms with Gasteiger partial charge in [-0.05, 0) is 49.1 Å². The molecule has 1 aliphatic rings. The quantitative estimate of drug-likeness (QED) is 0.610. The molecule has 150 valence electrons. The number of aryl methyl sites for hydroxylation is 1. The summed E-state index contributed by atoms with van der Waals surface area (Å²) < 4.78 is 28.3. The van der Waals surface area contributed by atoms with Crippen LogP contribution in [0.4, 0.5) is 10.8 Å². The number of hydrogen-bond acceptors (Lipinski definition) is 5. The van der Waals surface area contributed by atoms with Crippen LogP contribution in [0.5, 0.6) is 0 Å². The second-order valence-corrected chi connectivity index (χ2v) is 9.91. The van der Waals surface area contributed by atoms with E-state index in [1.807, 2.05) is 18.2 Å². The number of aromatic nitrogens is 1. The number of rotatable bonds is 4. The van der Waals surface area contributed by atoms with Crippen LogP contribution in [0.25, 0.3) is 11.3 Å². The van der Waals surface area contributed by atoms with Gasteiger partial charge in [-0.25, -0.2) is 13.4 Å².